The summed E-state index contributed by atoms with van der Waals surface area (Å²) in [7, 11) is 0. The highest BCUT2D eigenvalue weighted by molar-refractivity contribution is 5.68. The van der Waals surface area contributed by atoms with Crippen molar-refractivity contribution in [1.29, 1.82) is 5.41 Å². The van der Waals surface area contributed by atoms with Crippen LogP contribution >= 0.6 is 0 Å². The van der Waals surface area contributed by atoms with Crippen molar-refractivity contribution < 1.29 is 5.11 Å². The molecule has 0 saturated carbocycles. The van der Waals surface area contributed by atoms with Gasteiger partial charge in [0.1, 0.15) is 5.52 Å². The van der Waals surface area contributed by atoms with E-state index in [4.69, 9.17) is 5.41 Å². The van der Waals surface area contributed by atoms with Crippen LogP contribution in [0.4, 0.5) is 0 Å². The summed E-state index contributed by atoms with van der Waals surface area (Å²) >= 11 is 0. The molecule has 0 aliphatic carbocycles. The number of fused-ring (bicyclic) bond motifs is 1. The van der Waals surface area contributed by atoms with Gasteiger partial charge in [-0.1, -0.05) is 0 Å². The Morgan fingerprint density at radius 1 is 1.64 bits per heavy atom. The Morgan fingerprint density at radius 2 is 2.43 bits per heavy atom. The van der Waals surface area contributed by atoms with E-state index >= 15 is 0 Å². The van der Waals surface area contributed by atoms with Crippen LogP contribution in [-0.2, 0) is 6.54 Å². The summed E-state index contributed by atoms with van der Waals surface area (Å²) in [6.07, 6.45) is 2.57. The summed E-state index contributed by atoms with van der Waals surface area (Å²) in [5.41, 5.74) is 1.40. The normalized spacial score (nSPS) is 13.3. The van der Waals surface area contributed by atoms with Gasteiger partial charge in [-0.25, -0.2) is 9.97 Å². The Labute approximate surface area is 79.8 Å². The van der Waals surface area contributed by atoms with Gasteiger partial charge in [-0.3, -0.25) is 5.41 Å². The van der Waals surface area contributed by atoms with Crippen LogP contribution in [0.25, 0.3) is 11.2 Å². The van der Waals surface area contributed by atoms with Gasteiger partial charge in [-0.15, -0.1) is 0 Å². The van der Waals surface area contributed by atoms with Crippen LogP contribution in [0, 0.1) is 5.41 Å². The molecule has 0 aliphatic rings. The summed E-state index contributed by atoms with van der Waals surface area (Å²) in [6, 6.07) is 0. The van der Waals surface area contributed by atoms with E-state index < -0.39 is 6.10 Å². The molecular weight excluding hydrogens is 182 g/mol. The molecule has 2 heterocycles. The summed E-state index contributed by atoms with van der Waals surface area (Å²) < 4.78 is 1.72. The molecular formula is C8H11N5O. The molecule has 2 rings (SSSR count). The fourth-order valence-electron chi connectivity index (χ4n) is 1.34. The number of imidazole rings is 1. The molecule has 0 radical (unpaired) electrons. The van der Waals surface area contributed by atoms with Crippen LogP contribution in [0.1, 0.15) is 6.92 Å². The van der Waals surface area contributed by atoms with Gasteiger partial charge in [0.2, 0.25) is 0 Å². The molecule has 14 heavy (non-hydrogen) atoms. The zero-order valence-electron chi connectivity index (χ0n) is 7.73. The van der Waals surface area contributed by atoms with Gasteiger partial charge < -0.3 is 14.7 Å². The molecule has 0 spiro atoms. The van der Waals surface area contributed by atoms with Gasteiger partial charge in [0.05, 0.1) is 25.3 Å². The molecule has 2 aromatic rings. The molecule has 0 saturated heterocycles. The quantitative estimate of drug-likeness (QED) is 0.607. The fraction of sp³-hybridized carbons (Fsp3) is 0.375. The number of nitrogens with one attached hydrogen (secondary N) is 2. The second-order valence-corrected chi connectivity index (χ2v) is 3.20. The summed E-state index contributed by atoms with van der Waals surface area (Å²) in [5, 5.41) is 16.7. The lowest BCUT2D eigenvalue weighted by Gasteiger charge is -2.08. The fourth-order valence-corrected chi connectivity index (χ4v) is 1.34. The monoisotopic (exact) mass is 193 g/mol. The second-order valence-electron chi connectivity index (χ2n) is 3.20. The second kappa shape index (κ2) is 3.22. The number of aliphatic hydroxyl groups is 1. The molecule has 0 aliphatic heterocycles. The Morgan fingerprint density at radius 3 is 3.14 bits per heavy atom. The number of aliphatic hydroxyl groups excluding tert-OH is 1. The maximum Gasteiger partial charge on any atom is 0.173 e. The Bertz CT molecular complexity index is 498. The van der Waals surface area contributed by atoms with Crippen molar-refractivity contribution in [3.05, 3.63) is 18.1 Å². The van der Waals surface area contributed by atoms with E-state index in [1.807, 2.05) is 0 Å². The van der Waals surface area contributed by atoms with E-state index in [9.17, 15) is 5.11 Å². The lowest BCUT2D eigenvalue weighted by atomic mass is 10.4. The average Bonchev–Trinajstić information content (AvgIpc) is 2.58. The molecule has 0 aromatic carbocycles. The van der Waals surface area contributed by atoms with Gasteiger partial charge in [0.25, 0.3) is 0 Å². The van der Waals surface area contributed by atoms with Gasteiger partial charge in [-0.05, 0) is 6.92 Å². The number of rotatable bonds is 2. The lowest BCUT2D eigenvalue weighted by molar-refractivity contribution is 0.174. The van der Waals surface area contributed by atoms with E-state index in [0.29, 0.717) is 17.7 Å². The van der Waals surface area contributed by atoms with Crippen molar-refractivity contribution in [1.82, 2.24) is 19.5 Å². The largest absolute Gasteiger partial charge is 0.392 e. The van der Waals surface area contributed by atoms with Gasteiger partial charge in [0.15, 0.2) is 11.1 Å². The minimum atomic E-state index is -0.460. The van der Waals surface area contributed by atoms with Crippen molar-refractivity contribution in [2.45, 2.75) is 19.6 Å². The van der Waals surface area contributed by atoms with Crippen molar-refractivity contribution in [3.63, 3.8) is 0 Å². The Kier molecular flexibility index (Phi) is 2.05. The first-order chi connectivity index (χ1) is 6.68. The van der Waals surface area contributed by atoms with E-state index in [2.05, 4.69) is 15.0 Å². The SMILES string of the molecule is C[C@@H](O)Cn1cnc(=N)c2[nH]cnc21. The van der Waals surface area contributed by atoms with Gasteiger partial charge in [-0.2, -0.15) is 0 Å². The topological polar surface area (TPSA) is 90.6 Å². The number of aromatic nitrogens is 4. The molecule has 2 aromatic heterocycles. The minimum absolute atomic E-state index is 0.166. The van der Waals surface area contributed by atoms with Crippen LogP contribution in [0.3, 0.4) is 0 Å². The van der Waals surface area contributed by atoms with Gasteiger partial charge >= 0.3 is 0 Å². The first-order valence-electron chi connectivity index (χ1n) is 4.29. The summed E-state index contributed by atoms with van der Waals surface area (Å²) in [4.78, 5) is 10.8. The third-order valence-electron chi connectivity index (χ3n) is 1.92. The first kappa shape index (κ1) is 8.89. The third kappa shape index (κ3) is 1.39. The molecule has 0 amide bonds. The standard InChI is InChI=1S/C8H11N5O/c1-5(14)2-13-4-12-7(9)6-8(13)11-3-10-6/h3-5,9,14H,2H2,1H3,(H,10,11)/t5-/m1/s1. The number of hydrogen-bond acceptors (Lipinski definition) is 4. The number of H-pyrrole nitrogens is 1. The molecule has 3 N–H and O–H groups in total. The highest BCUT2D eigenvalue weighted by Crippen LogP contribution is 2.03. The zero-order valence-corrected chi connectivity index (χ0v) is 7.73. The number of nitrogens with zero attached hydrogens (tertiary/aromatic N) is 3. The Balaban J connectivity index is 2.61. The molecule has 0 fully saturated rings. The highest BCUT2D eigenvalue weighted by atomic mass is 16.3. The Hall–Kier alpha value is -1.69. The van der Waals surface area contributed by atoms with E-state index in [1.54, 1.807) is 11.5 Å². The molecule has 6 heteroatoms. The number of hydrogen-bond donors (Lipinski definition) is 3. The van der Waals surface area contributed by atoms with E-state index in [-0.39, 0.29) is 5.49 Å². The minimum Gasteiger partial charge on any atom is -0.392 e. The van der Waals surface area contributed by atoms with Gasteiger partial charge in [0, 0.05) is 0 Å². The predicted molar refractivity (Wildman–Crippen MR) is 49.4 cm³/mol. The van der Waals surface area contributed by atoms with Crippen LogP contribution < -0.4 is 5.49 Å². The summed E-state index contributed by atoms with van der Waals surface area (Å²) in [6.45, 7) is 2.12. The highest BCUT2D eigenvalue weighted by Gasteiger charge is 2.05. The number of aromatic amines is 1. The predicted octanol–water partition coefficient (Wildman–Crippen LogP) is -0.380. The molecule has 6 nitrogen and oxygen atoms in total. The molecule has 74 valence electrons. The molecule has 0 bridgehead atoms. The summed E-state index contributed by atoms with van der Waals surface area (Å²) in [5.74, 6) is 0. The average molecular weight is 193 g/mol. The van der Waals surface area contributed by atoms with E-state index in [0.717, 1.165) is 0 Å². The molecule has 0 unspecified atom stereocenters. The van der Waals surface area contributed by atoms with Crippen LogP contribution in [0.5, 0.6) is 0 Å². The van der Waals surface area contributed by atoms with Crippen molar-refractivity contribution in [2.75, 3.05) is 0 Å². The van der Waals surface area contributed by atoms with Crippen molar-refractivity contribution >= 4 is 11.2 Å². The third-order valence-corrected chi connectivity index (χ3v) is 1.92. The van der Waals surface area contributed by atoms with Crippen LogP contribution in [0.2, 0.25) is 0 Å². The van der Waals surface area contributed by atoms with Crippen molar-refractivity contribution in [2.24, 2.45) is 0 Å². The maximum absolute atomic E-state index is 9.24. The maximum atomic E-state index is 9.24. The van der Waals surface area contributed by atoms with Crippen LogP contribution in [0.15, 0.2) is 12.7 Å². The first-order valence-corrected chi connectivity index (χ1v) is 4.29. The van der Waals surface area contributed by atoms with Crippen LogP contribution in [-0.4, -0.2) is 30.7 Å². The van der Waals surface area contributed by atoms with E-state index in [1.165, 1.54) is 12.7 Å². The zero-order chi connectivity index (χ0) is 10.1. The lowest BCUT2D eigenvalue weighted by Crippen LogP contribution is -2.17. The smallest absolute Gasteiger partial charge is 0.173 e. The van der Waals surface area contributed by atoms with Crippen molar-refractivity contribution in [3.8, 4) is 0 Å². The molecule has 1 atom stereocenters.